The van der Waals surface area contributed by atoms with E-state index >= 15 is 0 Å². The summed E-state index contributed by atoms with van der Waals surface area (Å²) < 4.78 is 0. The van der Waals surface area contributed by atoms with Crippen LogP contribution in [0.4, 0.5) is 0 Å². The summed E-state index contributed by atoms with van der Waals surface area (Å²) in [4.78, 5) is 15.7. The van der Waals surface area contributed by atoms with Crippen LogP contribution < -0.4 is 0 Å². The van der Waals surface area contributed by atoms with Gasteiger partial charge >= 0.3 is 5.97 Å². The molecule has 4 heteroatoms. The Labute approximate surface area is 83.9 Å². The number of carboxylic acid groups (broad SMARTS) is 1. The maximum absolute atomic E-state index is 10.7. The number of carbonyl (C=O) groups is 1. The minimum absolute atomic E-state index is 0.430. The molecule has 1 N–H and O–H groups in total. The summed E-state index contributed by atoms with van der Waals surface area (Å²) >= 11 is 0. The van der Waals surface area contributed by atoms with Gasteiger partial charge in [-0.25, -0.2) is 4.79 Å². The third-order valence-corrected chi connectivity index (χ3v) is 2.55. The zero-order chi connectivity index (χ0) is 10.8. The van der Waals surface area contributed by atoms with Gasteiger partial charge in [-0.05, 0) is 39.0 Å². The van der Waals surface area contributed by atoms with E-state index in [1.54, 1.807) is 0 Å². The molecule has 80 valence electrons. The lowest BCUT2D eigenvalue weighted by atomic mass is 10.1. The first-order chi connectivity index (χ1) is 6.43. The molecule has 0 amide bonds. The number of rotatable bonds is 3. The van der Waals surface area contributed by atoms with Crippen molar-refractivity contribution in [3.63, 3.8) is 0 Å². The number of nitrogens with zero attached hydrogens (tertiary/aromatic N) is 1. The molecule has 1 saturated carbocycles. The van der Waals surface area contributed by atoms with Crippen LogP contribution in [-0.2, 0) is 9.63 Å². The SMILES string of the molecule is CC1CCC/C1=N\OC(C)(C)C(=O)O. The predicted octanol–water partition coefficient (Wildman–Crippen LogP) is 2.04. The normalized spacial score (nSPS) is 25.4. The molecule has 0 heterocycles. The average molecular weight is 199 g/mol. The van der Waals surface area contributed by atoms with Crippen LogP contribution >= 0.6 is 0 Å². The lowest BCUT2D eigenvalue weighted by molar-refractivity contribution is -0.161. The van der Waals surface area contributed by atoms with E-state index in [9.17, 15) is 4.79 Å². The van der Waals surface area contributed by atoms with Gasteiger partial charge in [0, 0.05) is 0 Å². The van der Waals surface area contributed by atoms with Crippen LogP contribution in [0.2, 0.25) is 0 Å². The zero-order valence-electron chi connectivity index (χ0n) is 8.91. The number of carboxylic acids is 1. The van der Waals surface area contributed by atoms with Crippen molar-refractivity contribution in [3.8, 4) is 0 Å². The molecule has 0 aromatic rings. The van der Waals surface area contributed by atoms with Crippen LogP contribution in [0.15, 0.2) is 5.16 Å². The summed E-state index contributed by atoms with van der Waals surface area (Å²) in [5.74, 6) is -0.563. The van der Waals surface area contributed by atoms with Gasteiger partial charge in [-0.2, -0.15) is 0 Å². The first kappa shape index (κ1) is 11.0. The molecule has 0 saturated heterocycles. The van der Waals surface area contributed by atoms with Gasteiger partial charge < -0.3 is 9.94 Å². The van der Waals surface area contributed by atoms with Crippen molar-refractivity contribution in [2.45, 2.75) is 45.6 Å². The molecule has 1 fully saturated rings. The fourth-order valence-corrected chi connectivity index (χ4v) is 1.35. The summed E-state index contributed by atoms with van der Waals surface area (Å²) in [5.41, 5.74) is -0.241. The molecular weight excluding hydrogens is 182 g/mol. The van der Waals surface area contributed by atoms with Crippen LogP contribution in [0.1, 0.15) is 40.0 Å². The summed E-state index contributed by atoms with van der Waals surface area (Å²) in [6.45, 7) is 5.08. The van der Waals surface area contributed by atoms with E-state index in [0.29, 0.717) is 5.92 Å². The first-order valence-corrected chi connectivity index (χ1v) is 4.92. The largest absolute Gasteiger partial charge is 0.478 e. The molecule has 1 unspecified atom stereocenters. The van der Waals surface area contributed by atoms with Gasteiger partial charge in [0.15, 0.2) is 0 Å². The van der Waals surface area contributed by atoms with Crippen molar-refractivity contribution in [1.29, 1.82) is 0 Å². The smallest absolute Gasteiger partial charge is 0.350 e. The zero-order valence-corrected chi connectivity index (χ0v) is 8.91. The molecule has 0 radical (unpaired) electrons. The molecule has 1 aliphatic rings. The number of aliphatic carboxylic acids is 1. The van der Waals surface area contributed by atoms with E-state index in [-0.39, 0.29) is 0 Å². The Kier molecular flexibility index (Phi) is 3.13. The standard InChI is InChI=1S/C10H17NO3/c1-7-5-4-6-8(7)11-14-10(2,3)9(12)13/h7H,4-6H2,1-3H3,(H,12,13)/b11-8+. The second kappa shape index (κ2) is 3.98. The topological polar surface area (TPSA) is 58.9 Å². The molecule has 0 aliphatic heterocycles. The molecule has 1 rings (SSSR count). The molecule has 0 aromatic carbocycles. The molecule has 14 heavy (non-hydrogen) atoms. The van der Waals surface area contributed by atoms with Gasteiger partial charge in [-0.3, -0.25) is 0 Å². The van der Waals surface area contributed by atoms with Crippen molar-refractivity contribution >= 4 is 11.7 Å². The quantitative estimate of drug-likeness (QED) is 0.707. The van der Waals surface area contributed by atoms with E-state index in [2.05, 4.69) is 12.1 Å². The predicted molar refractivity (Wildman–Crippen MR) is 53.2 cm³/mol. The Morgan fingerprint density at radius 1 is 1.64 bits per heavy atom. The van der Waals surface area contributed by atoms with Crippen LogP contribution in [-0.4, -0.2) is 22.4 Å². The summed E-state index contributed by atoms with van der Waals surface area (Å²) in [6, 6.07) is 0. The van der Waals surface area contributed by atoms with Crippen molar-refractivity contribution < 1.29 is 14.7 Å². The highest BCUT2D eigenvalue weighted by molar-refractivity contribution is 5.87. The summed E-state index contributed by atoms with van der Waals surface area (Å²) in [6.07, 6.45) is 3.17. The van der Waals surface area contributed by atoms with Crippen LogP contribution in [0.3, 0.4) is 0 Å². The number of hydrogen-bond acceptors (Lipinski definition) is 3. The van der Waals surface area contributed by atoms with Crippen molar-refractivity contribution in [1.82, 2.24) is 0 Å². The third-order valence-electron chi connectivity index (χ3n) is 2.55. The lowest BCUT2D eigenvalue weighted by Gasteiger charge is -2.17. The molecule has 0 bridgehead atoms. The highest BCUT2D eigenvalue weighted by atomic mass is 16.7. The highest BCUT2D eigenvalue weighted by Gasteiger charge is 2.30. The Bertz CT molecular complexity index is 258. The van der Waals surface area contributed by atoms with E-state index in [4.69, 9.17) is 9.94 Å². The van der Waals surface area contributed by atoms with Gasteiger partial charge in [-0.15, -0.1) is 0 Å². The third kappa shape index (κ3) is 2.47. The number of hydrogen-bond donors (Lipinski definition) is 1. The van der Waals surface area contributed by atoms with E-state index in [1.807, 2.05) is 0 Å². The van der Waals surface area contributed by atoms with Gasteiger partial charge in [-0.1, -0.05) is 12.1 Å². The second-order valence-corrected chi connectivity index (χ2v) is 4.28. The Hall–Kier alpha value is -1.06. The number of oxime groups is 1. The van der Waals surface area contributed by atoms with Gasteiger partial charge in [0.2, 0.25) is 5.60 Å². The van der Waals surface area contributed by atoms with Crippen molar-refractivity contribution in [3.05, 3.63) is 0 Å². The molecule has 0 aromatic heterocycles. The summed E-state index contributed by atoms with van der Waals surface area (Å²) in [5, 5.41) is 12.7. The Morgan fingerprint density at radius 2 is 2.29 bits per heavy atom. The summed E-state index contributed by atoms with van der Waals surface area (Å²) in [7, 11) is 0. The molecule has 4 nitrogen and oxygen atoms in total. The maximum atomic E-state index is 10.7. The van der Waals surface area contributed by atoms with E-state index in [1.165, 1.54) is 13.8 Å². The molecule has 1 atom stereocenters. The first-order valence-electron chi connectivity index (χ1n) is 4.92. The lowest BCUT2D eigenvalue weighted by Crippen LogP contribution is -2.33. The fraction of sp³-hybridized carbons (Fsp3) is 0.800. The fourth-order valence-electron chi connectivity index (χ4n) is 1.35. The second-order valence-electron chi connectivity index (χ2n) is 4.28. The van der Waals surface area contributed by atoms with Gasteiger partial charge in [0.05, 0.1) is 5.71 Å². The van der Waals surface area contributed by atoms with Crippen LogP contribution in [0, 0.1) is 5.92 Å². The monoisotopic (exact) mass is 199 g/mol. The average Bonchev–Trinajstić information content (AvgIpc) is 2.47. The molecule has 0 spiro atoms. The van der Waals surface area contributed by atoms with E-state index in [0.717, 1.165) is 25.0 Å². The maximum Gasteiger partial charge on any atom is 0.350 e. The van der Waals surface area contributed by atoms with Crippen LogP contribution in [0.25, 0.3) is 0 Å². The van der Waals surface area contributed by atoms with Crippen molar-refractivity contribution in [2.24, 2.45) is 11.1 Å². The minimum atomic E-state index is -1.23. The van der Waals surface area contributed by atoms with Crippen LogP contribution in [0.5, 0.6) is 0 Å². The van der Waals surface area contributed by atoms with Crippen molar-refractivity contribution in [2.75, 3.05) is 0 Å². The van der Waals surface area contributed by atoms with Gasteiger partial charge in [0.1, 0.15) is 0 Å². The highest BCUT2D eigenvalue weighted by Crippen LogP contribution is 2.23. The Balaban J connectivity index is 2.58. The molecule has 1 aliphatic carbocycles. The Morgan fingerprint density at radius 3 is 2.71 bits per heavy atom. The minimum Gasteiger partial charge on any atom is -0.478 e. The molecular formula is C10H17NO3. The van der Waals surface area contributed by atoms with E-state index < -0.39 is 11.6 Å². The van der Waals surface area contributed by atoms with Gasteiger partial charge in [0.25, 0.3) is 0 Å².